The van der Waals surface area contributed by atoms with Gasteiger partial charge >= 0.3 is 11.9 Å². The van der Waals surface area contributed by atoms with E-state index < -0.39 is 18.4 Å². The number of fused-ring (bicyclic) bond motifs is 2. The highest BCUT2D eigenvalue weighted by Crippen LogP contribution is 2.29. The van der Waals surface area contributed by atoms with E-state index >= 15 is 0 Å². The van der Waals surface area contributed by atoms with Gasteiger partial charge in [0.15, 0.2) is 0 Å². The summed E-state index contributed by atoms with van der Waals surface area (Å²) in [7, 11) is 0. The fourth-order valence-electron chi connectivity index (χ4n) is 5.63. The molecule has 0 atom stereocenters. The van der Waals surface area contributed by atoms with Crippen LogP contribution in [0.25, 0.3) is 11.0 Å². The molecule has 1 amide bonds. The van der Waals surface area contributed by atoms with Gasteiger partial charge in [-0.1, -0.05) is 29.3 Å². The summed E-state index contributed by atoms with van der Waals surface area (Å²) in [6, 6.07) is 10.5. The summed E-state index contributed by atoms with van der Waals surface area (Å²) in [5.74, 6) is 0.107. The third kappa shape index (κ3) is 5.43. The van der Waals surface area contributed by atoms with Gasteiger partial charge in [-0.05, 0) is 69.0 Å². The van der Waals surface area contributed by atoms with Crippen molar-refractivity contribution in [1.82, 2.24) is 18.9 Å². The minimum absolute atomic E-state index is 0.107. The SMILES string of the molecule is Cc1ccc2c(c1)C(=O)N(CCCCN1CCC(n3c(=O)n(CC(F)(F)F)c4cc(Cl)ccc43)CC1)C2. The van der Waals surface area contributed by atoms with Crippen molar-refractivity contribution in [2.24, 2.45) is 0 Å². The van der Waals surface area contributed by atoms with Crippen molar-refractivity contribution in [2.45, 2.75) is 57.9 Å². The Balaban J connectivity index is 1.16. The highest BCUT2D eigenvalue weighted by Gasteiger charge is 2.32. The van der Waals surface area contributed by atoms with Gasteiger partial charge < -0.3 is 9.80 Å². The van der Waals surface area contributed by atoms with Crippen LogP contribution in [0, 0.1) is 6.92 Å². The highest BCUT2D eigenvalue weighted by atomic mass is 35.5. The van der Waals surface area contributed by atoms with Crippen molar-refractivity contribution < 1.29 is 18.0 Å². The average molecular weight is 535 g/mol. The van der Waals surface area contributed by atoms with Gasteiger partial charge in [-0.3, -0.25) is 13.9 Å². The molecule has 0 unspecified atom stereocenters. The van der Waals surface area contributed by atoms with Crippen LogP contribution in [0.4, 0.5) is 13.2 Å². The summed E-state index contributed by atoms with van der Waals surface area (Å²) in [4.78, 5) is 29.9. The molecule has 3 aromatic rings. The molecule has 5 rings (SSSR count). The molecule has 6 nitrogen and oxygen atoms in total. The van der Waals surface area contributed by atoms with Crippen LogP contribution in [0.15, 0.2) is 41.2 Å². The number of aromatic nitrogens is 2. The van der Waals surface area contributed by atoms with Crippen LogP contribution >= 0.6 is 11.6 Å². The summed E-state index contributed by atoms with van der Waals surface area (Å²) in [5, 5.41) is 0.296. The lowest BCUT2D eigenvalue weighted by Crippen LogP contribution is -2.39. The molecule has 1 fully saturated rings. The second-order valence-corrected chi connectivity index (χ2v) is 10.6. The van der Waals surface area contributed by atoms with E-state index in [2.05, 4.69) is 4.90 Å². The van der Waals surface area contributed by atoms with E-state index in [1.54, 1.807) is 12.1 Å². The summed E-state index contributed by atoms with van der Waals surface area (Å²) >= 11 is 6.03. The summed E-state index contributed by atoms with van der Waals surface area (Å²) < 4.78 is 41.8. The number of aryl methyl sites for hydroxylation is 1. The molecule has 2 aromatic carbocycles. The molecule has 0 N–H and O–H groups in total. The second kappa shape index (κ2) is 10.2. The quantitative estimate of drug-likeness (QED) is 0.381. The summed E-state index contributed by atoms with van der Waals surface area (Å²) in [6.07, 6.45) is -1.27. The number of alkyl halides is 3. The molecule has 3 heterocycles. The van der Waals surface area contributed by atoms with Crippen molar-refractivity contribution in [3.8, 4) is 0 Å². The number of nitrogens with zero attached hydrogens (tertiary/aromatic N) is 4. The number of carbonyl (C=O) groups is 1. The molecule has 0 radical (unpaired) electrons. The number of imidazole rings is 1. The van der Waals surface area contributed by atoms with Crippen LogP contribution in [0.2, 0.25) is 5.02 Å². The van der Waals surface area contributed by atoms with E-state index in [4.69, 9.17) is 11.6 Å². The number of benzene rings is 2. The number of carbonyl (C=O) groups excluding carboxylic acids is 1. The Morgan fingerprint density at radius 1 is 0.973 bits per heavy atom. The number of halogens is 4. The van der Waals surface area contributed by atoms with Gasteiger partial charge in [-0.2, -0.15) is 13.2 Å². The molecule has 0 saturated carbocycles. The van der Waals surface area contributed by atoms with Gasteiger partial charge in [0.1, 0.15) is 6.54 Å². The van der Waals surface area contributed by atoms with Crippen LogP contribution in [-0.2, 0) is 13.1 Å². The van der Waals surface area contributed by atoms with Crippen molar-refractivity contribution in [3.05, 3.63) is 68.6 Å². The molecule has 2 aliphatic heterocycles. The third-order valence-corrected chi connectivity index (χ3v) is 7.72. The van der Waals surface area contributed by atoms with Crippen LogP contribution in [0.5, 0.6) is 0 Å². The van der Waals surface area contributed by atoms with Crippen molar-refractivity contribution in [2.75, 3.05) is 26.2 Å². The monoisotopic (exact) mass is 534 g/mol. The van der Waals surface area contributed by atoms with E-state index in [-0.39, 0.29) is 17.5 Å². The van der Waals surface area contributed by atoms with E-state index in [0.717, 1.165) is 60.3 Å². The Labute approximate surface area is 218 Å². The number of hydrogen-bond donors (Lipinski definition) is 0. The first-order valence-electron chi connectivity index (χ1n) is 12.7. The third-order valence-electron chi connectivity index (χ3n) is 7.48. The minimum Gasteiger partial charge on any atom is -0.334 e. The lowest BCUT2D eigenvalue weighted by atomic mass is 10.0. The molecule has 2 aliphatic rings. The molecule has 0 aliphatic carbocycles. The minimum atomic E-state index is -4.50. The Morgan fingerprint density at radius 2 is 1.70 bits per heavy atom. The molecular weight excluding hydrogens is 505 g/mol. The molecule has 1 saturated heterocycles. The van der Waals surface area contributed by atoms with Crippen LogP contribution in [0.3, 0.4) is 0 Å². The van der Waals surface area contributed by atoms with Crippen LogP contribution in [0.1, 0.15) is 53.2 Å². The Morgan fingerprint density at radius 3 is 2.43 bits per heavy atom. The van der Waals surface area contributed by atoms with Crippen molar-refractivity contribution >= 4 is 28.5 Å². The molecule has 0 bridgehead atoms. The van der Waals surface area contributed by atoms with Gasteiger partial charge in [0.2, 0.25) is 0 Å². The maximum atomic E-state index is 13.2. The Kier molecular flexibility index (Phi) is 7.11. The van der Waals surface area contributed by atoms with E-state index in [9.17, 15) is 22.8 Å². The standard InChI is InChI=1S/C27H30ClF3N4O2/c1-18-4-5-19-16-33(25(36)22(19)14-18)11-3-2-10-32-12-8-21(9-13-32)35-23-7-6-20(28)15-24(23)34(26(35)37)17-27(29,30)31/h4-7,14-15,21H,2-3,8-13,16-17H2,1H3. The zero-order valence-electron chi connectivity index (χ0n) is 20.7. The van der Waals surface area contributed by atoms with E-state index in [1.165, 1.54) is 10.6 Å². The maximum absolute atomic E-state index is 13.2. The molecule has 10 heteroatoms. The van der Waals surface area contributed by atoms with Crippen LogP contribution < -0.4 is 5.69 Å². The zero-order valence-corrected chi connectivity index (χ0v) is 21.5. The molecular formula is C27H30ClF3N4O2. The first-order chi connectivity index (χ1) is 17.6. The smallest absolute Gasteiger partial charge is 0.334 e. The predicted molar refractivity (Wildman–Crippen MR) is 137 cm³/mol. The lowest BCUT2D eigenvalue weighted by molar-refractivity contribution is -0.140. The van der Waals surface area contributed by atoms with Crippen molar-refractivity contribution in [3.63, 3.8) is 0 Å². The van der Waals surface area contributed by atoms with E-state index in [1.807, 2.05) is 30.0 Å². The fraction of sp³-hybridized carbons (Fsp3) is 0.481. The number of unbranched alkanes of at least 4 members (excludes halogenated alkanes) is 1. The summed E-state index contributed by atoms with van der Waals surface area (Å²) in [6.45, 7) is 4.47. The van der Waals surface area contributed by atoms with Gasteiger partial charge in [-0.25, -0.2) is 4.79 Å². The molecule has 37 heavy (non-hydrogen) atoms. The zero-order chi connectivity index (χ0) is 26.3. The summed E-state index contributed by atoms with van der Waals surface area (Å²) in [5.41, 5.74) is 3.06. The topological polar surface area (TPSA) is 50.5 Å². The number of amides is 1. The highest BCUT2D eigenvalue weighted by molar-refractivity contribution is 6.31. The first kappa shape index (κ1) is 25.9. The fourth-order valence-corrected chi connectivity index (χ4v) is 5.80. The van der Waals surface area contributed by atoms with Gasteiger partial charge in [0.25, 0.3) is 5.91 Å². The number of piperidine rings is 1. The molecule has 1 aromatic heterocycles. The first-order valence-corrected chi connectivity index (χ1v) is 13.1. The second-order valence-electron chi connectivity index (χ2n) is 10.2. The predicted octanol–water partition coefficient (Wildman–Crippen LogP) is 5.40. The largest absolute Gasteiger partial charge is 0.406 e. The normalized spacial score (nSPS) is 17.2. The van der Waals surface area contributed by atoms with Crippen molar-refractivity contribution in [1.29, 1.82) is 0 Å². The Hall–Kier alpha value is -2.78. The Bertz CT molecular complexity index is 1370. The number of likely N-dealkylation sites (tertiary alicyclic amines) is 1. The van der Waals surface area contributed by atoms with Gasteiger partial charge in [-0.15, -0.1) is 0 Å². The van der Waals surface area contributed by atoms with Gasteiger partial charge in [0, 0.05) is 42.8 Å². The maximum Gasteiger partial charge on any atom is 0.406 e. The van der Waals surface area contributed by atoms with Gasteiger partial charge in [0.05, 0.1) is 11.0 Å². The number of rotatable bonds is 7. The average Bonchev–Trinajstić information content (AvgIpc) is 3.29. The van der Waals surface area contributed by atoms with E-state index in [0.29, 0.717) is 29.9 Å². The molecule has 0 spiro atoms. The number of hydrogen-bond acceptors (Lipinski definition) is 3. The lowest BCUT2D eigenvalue weighted by Gasteiger charge is -2.32. The molecule has 198 valence electrons. The van der Waals surface area contributed by atoms with Crippen LogP contribution in [-0.4, -0.2) is 57.2 Å².